The van der Waals surface area contributed by atoms with E-state index in [0.717, 1.165) is 15.4 Å². The van der Waals surface area contributed by atoms with Crippen molar-refractivity contribution < 1.29 is 17.9 Å². The van der Waals surface area contributed by atoms with Gasteiger partial charge in [-0.3, -0.25) is 10.1 Å². The lowest BCUT2D eigenvalue weighted by atomic mass is 10.2. The van der Waals surface area contributed by atoms with Gasteiger partial charge in [-0.05, 0) is 36.8 Å². The minimum atomic E-state index is -3.47. The summed E-state index contributed by atoms with van der Waals surface area (Å²) in [5, 5.41) is 4.95. The zero-order valence-electron chi connectivity index (χ0n) is 16.2. The van der Waals surface area contributed by atoms with Crippen LogP contribution in [-0.2, 0) is 14.8 Å². The maximum Gasteiger partial charge on any atom is 0.264 e. The van der Waals surface area contributed by atoms with Crippen LogP contribution in [0.4, 0.5) is 5.13 Å². The topological polar surface area (TPSA) is 88.6 Å². The van der Waals surface area contributed by atoms with E-state index in [9.17, 15) is 13.2 Å². The van der Waals surface area contributed by atoms with Gasteiger partial charge in [-0.15, -0.1) is 11.3 Å². The average molecular weight is 432 g/mol. The molecule has 0 atom stereocenters. The van der Waals surface area contributed by atoms with E-state index in [-0.39, 0.29) is 17.4 Å². The fourth-order valence-corrected chi connectivity index (χ4v) is 4.12. The Labute approximate surface area is 174 Å². The molecule has 1 heterocycles. The fraction of sp³-hybridized carbons (Fsp3) is 0.200. The predicted molar refractivity (Wildman–Crippen MR) is 114 cm³/mol. The summed E-state index contributed by atoms with van der Waals surface area (Å²) in [6.07, 6.45) is 0. The number of hydrogen-bond donors (Lipinski definition) is 1. The summed E-state index contributed by atoms with van der Waals surface area (Å²) in [4.78, 5) is 16.7. The van der Waals surface area contributed by atoms with Gasteiger partial charge in [-0.25, -0.2) is 17.7 Å². The van der Waals surface area contributed by atoms with Crippen LogP contribution in [0.25, 0.3) is 11.3 Å². The highest BCUT2D eigenvalue weighted by Gasteiger charge is 2.17. The average Bonchev–Trinajstić information content (AvgIpc) is 3.15. The zero-order chi connectivity index (χ0) is 21.0. The first-order valence-electron chi connectivity index (χ1n) is 8.73. The van der Waals surface area contributed by atoms with E-state index >= 15 is 0 Å². The van der Waals surface area contributed by atoms with Gasteiger partial charge in [0.15, 0.2) is 11.7 Å². The van der Waals surface area contributed by atoms with Crippen LogP contribution in [0, 0.1) is 6.92 Å². The van der Waals surface area contributed by atoms with E-state index in [0.29, 0.717) is 16.6 Å². The molecule has 0 radical (unpaired) electrons. The number of amides is 1. The van der Waals surface area contributed by atoms with Crippen molar-refractivity contribution in [3.8, 4) is 17.0 Å². The highest BCUT2D eigenvalue weighted by Crippen LogP contribution is 2.26. The molecule has 0 spiro atoms. The summed E-state index contributed by atoms with van der Waals surface area (Å²) < 4.78 is 30.9. The second-order valence-electron chi connectivity index (χ2n) is 6.50. The smallest absolute Gasteiger partial charge is 0.264 e. The second-order valence-corrected chi connectivity index (χ2v) is 9.51. The highest BCUT2D eigenvalue weighted by atomic mass is 32.2. The molecule has 29 heavy (non-hydrogen) atoms. The normalized spacial score (nSPS) is 11.4. The Bertz CT molecular complexity index is 1110. The molecule has 0 aliphatic carbocycles. The Morgan fingerprint density at radius 1 is 1.17 bits per heavy atom. The Morgan fingerprint density at radius 3 is 2.55 bits per heavy atom. The van der Waals surface area contributed by atoms with Gasteiger partial charge in [0.25, 0.3) is 5.91 Å². The molecule has 0 bridgehead atoms. The second kappa shape index (κ2) is 8.73. The van der Waals surface area contributed by atoms with Gasteiger partial charge >= 0.3 is 0 Å². The first-order chi connectivity index (χ1) is 13.8. The first-order valence-corrected chi connectivity index (χ1v) is 11.1. The maximum absolute atomic E-state index is 12.1. The Balaban J connectivity index is 1.62. The van der Waals surface area contributed by atoms with E-state index in [4.69, 9.17) is 4.74 Å². The molecular weight excluding hydrogens is 410 g/mol. The van der Waals surface area contributed by atoms with Gasteiger partial charge in [0.1, 0.15) is 5.75 Å². The fourth-order valence-electron chi connectivity index (χ4n) is 2.48. The molecule has 1 N–H and O–H groups in total. The molecule has 2 aromatic carbocycles. The number of carbonyl (C=O) groups excluding carboxylic acids is 1. The molecule has 0 aliphatic heterocycles. The third kappa shape index (κ3) is 5.20. The molecule has 0 aliphatic rings. The van der Waals surface area contributed by atoms with Gasteiger partial charge in [0.2, 0.25) is 10.0 Å². The Hall–Kier alpha value is -2.75. The van der Waals surface area contributed by atoms with Crippen LogP contribution >= 0.6 is 11.3 Å². The number of nitrogens with one attached hydrogen (secondary N) is 1. The maximum atomic E-state index is 12.1. The van der Waals surface area contributed by atoms with E-state index in [2.05, 4.69) is 10.3 Å². The van der Waals surface area contributed by atoms with Gasteiger partial charge in [0.05, 0.1) is 10.6 Å². The van der Waals surface area contributed by atoms with Gasteiger partial charge in [-0.2, -0.15) is 0 Å². The van der Waals surface area contributed by atoms with Crippen LogP contribution in [0.15, 0.2) is 58.8 Å². The van der Waals surface area contributed by atoms with E-state index in [1.807, 2.05) is 25.1 Å². The van der Waals surface area contributed by atoms with Crippen LogP contribution in [0.1, 0.15) is 5.56 Å². The van der Waals surface area contributed by atoms with Crippen LogP contribution in [-0.4, -0.2) is 44.3 Å². The molecule has 0 saturated heterocycles. The molecule has 0 fully saturated rings. The van der Waals surface area contributed by atoms with Gasteiger partial charge in [0, 0.05) is 25.0 Å². The van der Waals surface area contributed by atoms with E-state index < -0.39 is 10.0 Å². The number of aryl methyl sites for hydroxylation is 1. The summed E-state index contributed by atoms with van der Waals surface area (Å²) in [7, 11) is -0.499. The monoisotopic (exact) mass is 431 g/mol. The molecule has 1 amide bonds. The molecule has 0 saturated carbocycles. The minimum absolute atomic E-state index is 0.116. The summed E-state index contributed by atoms with van der Waals surface area (Å²) in [5.74, 6) is 0.326. The molecule has 3 rings (SSSR count). The molecule has 0 unspecified atom stereocenters. The van der Waals surface area contributed by atoms with Crippen LogP contribution in [0.2, 0.25) is 0 Å². The van der Waals surface area contributed by atoms with Crippen molar-refractivity contribution in [2.24, 2.45) is 0 Å². The number of anilines is 1. The van der Waals surface area contributed by atoms with E-state index in [1.54, 1.807) is 23.6 Å². The summed E-state index contributed by atoms with van der Waals surface area (Å²) in [6.45, 7) is 1.84. The van der Waals surface area contributed by atoms with Crippen LogP contribution < -0.4 is 10.1 Å². The third-order valence-corrected chi connectivity index (χ3v) is 6.63. The largest absolute Gasteiger partial charge is 0.484 e. The number of benzene rings is 2. The van der Waals surface area contributed by atoms with Crippen molar-refractivity contribution >= 4 is 32.4 Å². The number of hydrogen-bond acceptors (Lipinski definition) is 6. The molecule has 3 aromatic rings. The molecule has 1 aromatic heterocycles. The summed E-state index contributed by atoms with van der Waals surface area (Å²) >= 11 is 1.29. The lowest BCUT2D eigenvalue weighted by molar-refractivity contribution is -0.118. The zero-order valence-corrected chi connectivity index (χ0v) is 17.9. The molecular formula is C20H21N3O4S2. The standard InChI is InChI=1S/C20H21N3O4S2/c1-14-5-4-6-16(11-14)27-12-19(24)22-20-21-18(13-28-20)15-7-9-17(10-8-15)29(25,26)23(2)3/h4-11,13H,12H2,1-3H3,(H,21,22,24). The lowest BCUT2D eigenvalue weighted by Gasteiger charge is -2.11. The first kappa shape index (κ1) is 21.0. The van der Waals surface area contributed by atoms with Crippen molar-refractivity contribution in [1.82, 2.24) is 9.29 Å². The number of aromatic nitrogens is 1. The number of carbonyl (C=O) groups is 1. The van der Waals surface area contributed by atoms with Crippen LogP contribution in [0.5, 0.6) is 5.75 Å². The molecule has 7 nitrogen and oxygen atoms in total. The SMILES string of the molecule is Cc1cccc(OCC(=O)Nc2nc(-c3ccc(S(=O)(=O)N(C)C)cc3)cs2)c1. The Kier molecular flexibility index (Phi) is 6.31. The van der Waals surface area contributed by atoms with Crippen molar-refractivity contribution in [3.63, 3.8) is 0 Å². The highest BCUT2D eigenvalue weighted by molar-refractivity contribution is 7.89. The number of thiazole rings is 1. The van der Waals surface area contributed by atoms with Crippen molar-refractivity contribution in [2.75, 3.05) is 26.0 Å². The van der Waals surface area contributed by atoms with Crippen molar-refractivity contribution in [2.45, 2.75) is 11.8 Å². The third-order valence-electron chi connectivity index (χ3n) is 4.04. The number of ether oxygens (including phenoxy) is 1. The van der Waals surface area contributed by atoms with Gasteiger partial charge < -0.3 is 4.74 Å². The van der Waals surface area contributed by atoms with Gasteiger partial charge in [-0.1, -0.05) is 24.3 Å². The van der Waals surface area contributed by atoms with E-state index in [1.165, 1.54) is 37.6 Å². The predicted octanol–water partition coefficient (Wildman–Crippen LogP) is 3.39. The molecule has 9 heteroatoms. The number of sulfonamides is 1. The minimum Gasteiger partial charge on any atom is -0.484 e. The quantitative estimate of drug-likeness (QED) is 0.619. The van der Waals surface area contributed by atoms with Crippen molar-refractivity contribution in [3.05, 3.63) is 59.5 Å². The lowest BCUT2D eigenvalue weighted by Crippen LogP contribution is -2.22. The Morgan fingerprint density at radius 2 is 1.90 bits per heavy atom. The summed E-state index contributed by atoms with van der Waals surface area (Å²) in [5.41, 5.74) is 2.46. The van der Waals surface area contributed by atoms with Crippen molar-refractivity contribution in [1.29, 1.82) is 0 Å². The number of rotatable bonds is 7. The summed E-state index contributed by atoms with van der Waals surface area (Å²) in [6, 6.07) is 13.9. The van der Waals surface area contributed by atoms with Crippen LogP contribution in [0.3, 0.4) is 0 Å². The number of nitrogens with zero attached hydrogens (tertiary/aromatic N) is 2. The molecule has 152 valence electrons.